The van der Waals surface area contributed by atoms with Crippen LogP contribution in [0.15, 0.2) is 0 Å². The van der Waals surface area contributed by atoms with Crippen molar-refractivity contribution in [2.45, 2.75) is 18.0 Å². The second-order valence-corrected chi connectivity index (χ2v) is 2.97. The molecule has 0 aromatic carbocycles. The molecule has 0 amide bonds. The van der Waals surface area contributed by atoms with Crippen molar-refractivity contribution in [3.63, 3.8) is 0 Å². The standard InChI is InChI=1S/C4H9.2ClH.In/c1-4(2)3;;;/h4H,1H2,2-3H3;2*1H;/q;;;+2/p-2. The Morgan fingerprint density at radius 1 is 1.29 bits per heavy atom. The molecule has 42 valence electrons. The predicted octanol–water partition coefficient (Wildman–Crippen LogP) is -4.76. The normalized spacial score (nSPS) is 7.00. The Bertz CT molecular complexity index is 23.7. The van der Waals surface area contributed by atoms with Gasteiger partial charge in [0.25, 0.3) is 0 Å². The number of hydrogen-bond donors (Lipinski definition) is 0. The molecule has 0 aliphatic heterocycles. The summed E-state index contributed by atoms with van der Waals surface area (Å²) in [6, 6.07) is 0. The molecule has 0 nitrogen and oxygen atoms in total. The van der Waals surface area contributed by atoms with Gasteiger partial charge in [-0.15, -0.1) is 0 Å². The van der Waals surface area contributed by atoms with Crippen molar-refractivity contribution in [1.29, 1.82) is 0 Å². The fraction of sp³-hybridized carbons (Fsp3) is 1.00. The van der Waals surface area contributed by atoms with Gasteiger partial charge in [0.2, 0.25) is 0 Å². The fourth-order valence-electron chi connectivity index (χ4n) is 0. The maximum absolute atomic E-state index is 2.25. The summed E-state index contributed by atoms with van der Waals surface area (Å²) in [6.45, 7) is 4.51. The van der Waals surface area contributed by atoms with Gasteiger partial charge in [-0.25, -0.2) is 0 Å². The van der Waals surface area contributed by atoms with Crippen LogP contribution in [0.1, 0.15) is 13.8 Å². The van der Waals surface area contributed by atoms with Gasteiger partial charge < -0.3 is 24.8 Å². The minimum atomic E-state index is 0. The Balaban J connectivity index is -0.0000000800. The molecule has 0 fully saturated rings. The Morgan fingerprint density at radius 2 is 1.43 bits per heavy atom. The zero-order chi connectivity index (χ0) is 4.28. The van der Waals surface area contributed by atoms with Crippen LogP contribution in [-0.2, 0) is 0 Å². The molecule has 0 aliphatic carbocycles. The molecule has 0 aliphatic rings. The zero-order valence-electron chi connectivity index (χ0n) is 4.62. The van der Waals surface area contributed by atoms with Gasteiger partial charge in [0, 0.05) is 0 Å². The summed E-state index contributed by atoms with van der Waals surface area (Å²) in [5.74, 6) is 0.942. The van der Waals surface area contributed by atoms with Crippen molar-refractivity contribution < 1.29 is 24.8 Å². The third-order valence-electron chi connectivity index (χ3n) is 0.471. The molecule has 0 aromatic rings. The third-order valence-corrected chi connectivity index (χ3v) is 3.16. The van der Waals surface area contributed by atoms with Crippen LogP contribution in [0.4, 0.5) is 0 Å². The van der Waals surface area contributed by atoms with E-state index in [0.29, 0.717) is 0 Å². The van der Waals surface area contributed by atoms with E-state index in [1.54, 1.807) is 0 Å². The van der Waals surface area contributed by atoms with Gasteiger partial charge in [-0.05, 0) is 0 Å². The molecular formula is C4H9Cl2In. The second kappa shape index (κ2) is 10.4. The van der Waals surface area contributed by atoms with Crippen molar-refractivity contribution in [3.8, 4) is 0 Å². The SMILES string of the molecule is CC(C)[CH2][In+2].[Cl-].[Cl-]. The van der Waals surface area contributed by atoms with Gasteiger partial charge in [-0.3, -0.25) is 0 Å². The molecule has 0 bridgehead atoms. The van der Waals surface area contributed by atoms with Crippen molar-refractivity contribution in [3.05, 3.63) is 0 Å². The van der Waals surface area contributed by atoms with Crippen LogP contribution in [0.3, 0.4) is 0 Å². The van der Waals surface area contributed by atoms with Gasteiger partial charge >= 0.3 is 48.3 Å². The Hall–Kier alpha value is 1.45. The van der Waals surface area contributed by atoms with Gasteiger partial charge in [-0.2, -0.15) is 0 Å². The topological polar surface area (TPSA) is 0 Å². The average molecular weight is 243 g/mol. The van der Waals surface area contributed by atoms with Crippen molar-refractivity contribution in [1.82, 2.24) is 0 Å². The summed E-state index contributed by atoms with van der Waals surface area (Å²) in [4.78, 5) is 0. The van der Waals surface area contributed by atoms with Crippen LogP contribution >= 0.6 is 0 Å². The molecule has 0 radical (unpaired) electrons. The number of hydrogen-bond acceptors (Lipinski definition) is 0. The summed E-state index contributed by atoms with van der Waals surface area (Å²) in [6.07, 6.45) is 0. The molecule has 0 N–H and O–H groups in total. The van der Waals surface area contributed by atoms with Gasteiger partial charge in [0.15, 0.2) is 0 Å². The average Bonchev–Trinajstić information content (AvgIpc) is 1.38. The van der Waals surface area contributed by atoms with Crippen LogP contribution in [-0.4, -0.2) is 24.4 Å². The van der Waals surface area contributed by atoms with Crippen molar-refractivity contribution in [2.24, 2.45) is 5.92 Å². The smallest absolute Gasteiger partial charge is 1.00 e. The summed E-state index contributed by atoms with van der Waals surface area (Å²) in [5.41, 5.74) is 0. The summed E-state index contributed by atoms with van der Waals surface area (Å²) in [5, 5.41) is 0. The second-order valence-electron chi connectivity index (χ2n) is 1.63. The molecule has 0 rings (SSSR count). The van der Waals surface area contributed by atoms with Crippen LogP contribution in [0, 0.1) is 5.92 Å². The first-order chi connectivity index (χ1) is 2.27. The summed E-state index contributed by atoms with van der Waals surface area (Å²) in [7, 11) is 0. The summed E-state index contributed by atoms with van der Waals surface area (Å²) >= 11 is 1.43. The first-order valence-corrected chi connectivity index (χ1v) is 4.30. The van der Waals surface area contributed by atoms with Gasteiger partial charge in [0.1, 0.15) is 0 Å². The van der Waals surface area contributed by atoms with E-state index < -0.39 is 0 Å². The van der Waals surface area contributed by atoms with E-state index in [0.717, 1.165) is 5.92 Å². The van der Waals surface area contributed by atoms with Crippen molar-refractivity contribution >= 4 is 24.4 Å². The maximum atomic E-state index is 2.25. The van der Waals surface area contributed by atoms with Crippen molar-refractivity contribution in [2.75, 3.05) is 0 Å². The maximum Gasteiger partial charge on any atom is -1.00 e. The molecule has 0 saturated heterocycles. The van der Waals surface area contributed by atoms with Crippen LogP contribution in [0.2, 0.25) is 4.18 Å². The van der Waals surface area contributed by atoms with E-state index in [2.05, 4.69) is 13.8 Å². The molecule has 0 unspecified atom stereocenters. The third kappa shape index (κ3) is 18.6. The van der Waals surface area contributed by atoms with E-state index in [1.807, 2.05) is 0 Å². The molecule has 3 heteroatoms. The fourth-order valence-corrected chi connectivity index (χ4v) is 0. The first kappa shape index (κ1) is 15.8. The van der Waals surface area contributed by atoms with Crippen LogP contribution < -0.4 is 24.8 Å². The minimum absolute atomic E-state index is 0. The molecule has 0 heterocycles. The van der Waals surface area contributed by atoms with E-state index >= 15 is 0 Å². The quantitative estimate of drug-likeness (QED) is 0.433. The Morgan fingerprint density at radius 3 is 1.43 bits per heavy atom. The molecule has 7 heavy (non-hydrogen) atoms. The Kier molecular flexibility index (Phi) is 23.5. The summed E-state index contributed by atoms with van der Waals surface area (Å²) < 4.78 is 1.44. The minimum Gasteiger partial charge on any atom is -1.00 e. The van der Waals surface area contributed by atoms with Crippen LogP contribution in [0.5, 0.6) is 0 Å². The number of halogens is 2. The molecule has 0 saturated carbocycles. The van der Waals surface area contributed by atoms with Gasteiger partial charge in [-0.1, -0.05) is 0 Å². The molecule has 0 aromatic heterocycles. The van der Waals surface area contributed by atoms with Crippen LogP contribution in [0.25, 0.3) is 0 Å². The van der Waals surface area contributed by atoms with E-state index in [4.69, 9.17) is 0 Å². The largest absolute Gasteiger partial charge is 1.00 e. The van der Waals surface area contributed by atoms with E-state index in [9.17, 15) is 0 Å². The van der Waals surface area contributed by atoms with E-state index in [1.165, 1.54) is 28.6 Å². The predicted molar refractivity (Wildman–Crippen MR) is 25.4 cm³/mol. The van der Waals surface area contributed by atoms with E-state index in [-0.39, 0.29) is 24.8 Å². The molecule has 0 atom stereocenters. The Labute approximate surface area is 72.8 Å². The monoisotopic (exact) mass is 242 g/mol. The zero-order valence-corrected chi connectivity index (χ0v) is 9.43. The van der Waals surface area contributed by atoms with Gasteiger partial charge in [0.05, 0.1) is 0 Å². The first-order valence-electron chi connectivity index (χ1n) is 1.97. The number of rotatable bonds is 1. The molecule has 0 spiro atoms. The molecular weight excluding hydrogens is 234 g/mol.